The second kappa shape index (κ2) is 25.7. The minimum atomic E-state index is -5.65. The molecule has 1 radical (unpaired) electrons. The van der Waals surface area contributed by atoms with Crippen LogP contribution in [-0.4, -0.2) is 67.2 Å². The Morgan fingerprint density at radius 3 is 2.10 bits per heavy atom. The summed E-state index contributed by atoms with van der Waals surface area (Å²) in [6.07, 6.45) is 0.396. The standard InChI is InChI=1S/C30H20Cl3N9O12S3.Cu.4Na/c31-24-26(32)35-30(33)36-28(24)34-15-4-2-6-17(10-15)38-37-16-5-1-3-14(9-16)27(41-39-21-8-7-18(55(46,47)48)11-20(21)29(44)45)42-40-22-12-19(56(49,50)51)13-23(25(22)43)57(52,53)54;;;;;/h1-13H,(H7,34,35,36,37,38,39,40,41,42,43,44,45,46,47,48,49,50,51,52,53,54);;;;;/q;+2;4*+1/p-6. The van der Waals surface area contributed by atoms with Crippen molar-refractivity contribution in [1.82, 2.24) is 9.97 Å². The van der Waals surface area contributed by atoms with Crippen LogP contribution in [0.15, 0.2) is 119 Å². The van der Waals surface area contributed by atoms with Crippen molar-refractivity contribution < 1.29 is 189 Å². The number of carbonyl (C=O) groups is 2. The summed E-state index contributed by atoms with van der Waals surface area (Å²) in [5, 5.41) is 26.1. The summed E-state index contributed by atoms with van der Waals surface area (Å²) in [5.74, 6) is -4.27. The van der Waals surface area contributed by atoms with Crippen LogP contribution in [0.1, 0.15) is 15.9 Å². The first-order chi connectivity index (χ1) is 26.6. The summed E-state index contributed by atoms with van der Waals surface area (Å²) in [4.78, 5) is 32.6. The molecule has 0 saturated heterocycles. The zero-order chi connectivity index (χ0) is 41.9. The molecule has 0 aliphatic heterocycles. The number of hydrogen-bond acceptors (Lipinski definition) is 18. The number of Topliss-reactive ketones (excluding diaryl/α,β-unsaturated/α-hetero) is 1. The Labute approximate surface area is 465 Å². The number of aromatic carboxylic acids is 1. The van der Waals surface area contributed by atoms with Crippen molar-refractivity contribution in [3.8, 4) is 0 Å². The predicted octanol–water partition coefficient (Wildman–Crippen LogP) is -9.13. The van der Waals surface area contributed by atoms with Crippen molar-refractivity contribution in [3.05, 3.63) is 126 Å². The van der Waals surface area contributed by atoms with Crippen molar-refractivity contribution in [1.29, 1.82) is 0 Å². The zero-order valence-electron chi connectivity index (χ0n) is 31.6. The number of rotatable bonds is 11. The number of aromatic nitrogens is 2. The fourth-order valence-corrected chi connectivity index (χ4v) is 6.49. The number of azo groups is 1. The van der Waals surface area contributed by atoms with Crippen LogP contribution >= 0.6 is 34.8 Å². The molecule has 0 atom stereocenters. The number of nitrogens with one attached hydrogen (secondary N) is 1. The molecule has 1 aliphatic carbocycles. The molecule has 1 heterocycles. The van der Waals surface area contributed by atoms with E-state index in [0.717, 1.165) is 6.07 Å². The van der Waals surface area contributed by atoms with Crippen LogP contribution in [0.5, 0.6) is 0 Å². The first-order valence-corrected chi connectivity index (χ1v) is 20.0. The molecule has 4 aromatic rings. The van der Waals surface area contributed by atoms with E-state index in [1.165, 1.54) is 30.3 Å². The second-order valence-corrected chi connectivity index (χ2v) is 15.9. The van der Waals surface area contributed by atoms with Gasteiger partial charge in [0, 0.05) is 22.3 Å². The molecule has 0 unspecified atom stereocenters. The van der Waals surface area contributed by atoms with E-state index in [9.17, 15) is 53.6 Å². The van der Waals surface area contributed by atoms with E-state index < -0.39 is 79.6 Å². The van der Waals surface area contributed by atoms with Gasteiger partial charge in [-0.25, -0.2) is 25.3 Å². The van der Waals surface area contributed by atoms with Gasteiger partial charge in [-0.3, -0.25) is 4.79 Å². The molecule has 21 nitrogen and oxygen atoms in total. The molecule has 0 fully saturated rings. The minimum absolute atomic E-state index is 0. The number of hydrogen-bond donors (Lipinski definition) is 1. The van der Waals surface area contributed by atoms with Crippen LogP contribution in [0, 0.1) is 0 Å². The van der Waals surface area contributed by atoms with Gasteiger partial charge in [-0.1, -0.05) is 71.2 Å². The Kier molecular flexibility index (Phi) is 25.2. The molecule has 305 valence electrons. The largest absolute Gasteiger partial charge is 2.00 e. The van der Waals surface area contributed by atoms with Crippen LogP contribution in [0.3, 0.4) is 0 Å². The van der Waals surface area contributed by atoms with E-state index in [4.69, 9.17) is 34.8 Å². The van der Waals surface area contributed by atoms with Gasteiger partial charge >= 0.3 is 135 Å². The summed E-state index contributed by atoms with van der Waals surface area (Å²) in [6.45, 7) is 0. The minimum Gasteiger partial charge on any atom is -0.744 e. The van der Waals surface area contributed by atoms with Gasteiger partial charge in [0.15, 0.2) is 0 Å². The van der Waals surface area contributed by atoms with Crippen LogP contribution in [0.2, 0.25) is 15.5 Å². The van der Waals surface area contributed by atoms with Crippen LogP contribution in [-0.2, 0) is 52.2 Å². The van der Waals surface area contributed by atoms with Crippen molar-refractivity contribution in [2.45, 2.75) is 4.90 Å². The number of amidine groups is 1. The van der Waals surface area contributed by atoms with Crippen LogP contribution in [0.25, 0.3) is 5.43 Å². The molecule has 5 rings (SSSR count). The topological polar surface area (TPSA) is 344 Å². The molecule has 0 bridgehead atoms. The fourth-order valence-electron chi connectivity index (χ4n) is 4.30. The van der Waals surface area contributed by atoms with Crippen LogP contribution < -0.4 is 139 Å². The molecule has 1 N–H and O–H groups in total. The monoisotopic (exact) mass is 1050 g/mol. The number of carboxylic acids is 1. The van der Waals surface area contributed by atoms with Gasteiger partial charge in [-0.15, -0.1) is 26.1 Å². The molecule has 62 heavy (non-hydrogen) atoms. The Balaban J connectivity index is 0.00000744. The molecule has 32 heteroatoms. The third kappa shape index (κ3) is 16.6. The van der Waals surface area contributed by atoms with Gasteiger partial charge in [0.2, 0.25) is 11.6 Å². The molecule has 3 aromatic carbocycles. The van der Waals surface area contributed by atoms with E-state index in [1.807, 2.05) is 0 Å². The molecule has 1 aromatic heterocycles. The number of allylic oxidation sites excluding steroid dienone is 3. The third-order valence-electron chi connectivity index (χ3n) is 6.81. The summed E-state index contributed by atoms with van der Waals surface area (Å²) in [7, 11) is -16.2. The molecule has 0 saturated carbocycles. The molecule has 1 aliphatic rings. The SMILES string of the molecule is O=C1C(S(=O)(=O)[O-])=CC(S(=O)(=O)[O-])=CC1=NN=C(N=Nc1ccc(S(=O)(=O)[O-])cc1C(=O)[O-])c1cccc([N-]Nc2cccc(N=c3[n-]c(Cl)nc(Cl)c3Cl)c2)c1.[Cu+2].[Na+].[Na+].[Na+].[Na+]. The predicted molar refractivity (Wildman–Crippen MR) is 195 cm³/mol. The van der Waals surface area contributed by atoms with Gasteiger partial charge in [0.25, 0.3) is 0 Å². The van der Waals surface area contributed by atoms with E-state index in [0.29, 0.717) is 29.6 Å². The maximum Gasteiger partial charge on any atom is 2.00 e. The zero-order valence-corrected chi connectivity index (χ0v) is 45.3. The number of benzene rings is 3. The fraction of sp³-hybridized carbons (Fsp3) is 0. The van der Waals surface area contributed by atoms with E-state index in [2.05, 4.69) is 46.2 Å². The van der Waals surface area contributed by atoms with Crippen LogP contribution in [0.4, 0.5) is 22.7 Å². The Morgan fingerprint density at radius 2 is 1.48 bits per heavy atom. The van der Waals surface area contributed by atoms with Gasteiger partial charge in [-0.2, -0.15) is 0 Å². The molecular weight excluding hydrogens is 1040 g/mol. The Hall–Kier alpha value is -1.18. The second-order valence-electron chi connectivity index (χ2n) is 10.7. The number of carbonyl (C=O) groups excluding carboxylic acids is 2. The Bertz CT molecular complexity index is 2960. The van der Waals surface area contributed by atoms with Gasteiger partial charge in [-0.05, 0) is 48.2 Å². The molecule has 0 amide bonds. The summed E-state index contributed by atoms with van der Waals surface area (Å²) in [6, 6.07) is 13.7. The summed E-state index contributed by atoms with van der Waals surface area (Å²) in [5.41, 5.74) is 5.09. The van der Waals surface area contributed by atoms with Crippen molar-refractivity contribution >= 4 is 111 Å². The smallest absolute Gasteiger partial charge is 0.744 e. The van der Waals surface area contributed by atoms with Crippen molar-refractivity contribution in [2.24, 2.45) is 25.4 Å². The number of nitrogens with zero attached hydrogens (tertiary/aromatic N) is 8. The number of carboxylic acid groups (broad SMARTS) is 1. The van der Waals surface area contributed by atoms with Crippen molar-refractivity contribution in [3.63, 3.8) is 0 Å². The average Bonchev–Trinajstić information content (AvgIpc) is 3.12. The van der Waals surface area contributed by atoms with E-state index in [-0.39, 0.29) is 174 Å². The van der Waals surface area contributed by atoms with E-state index in [1.54, 1.807) is 18.2 Å². The number of anilines is 1. The van der Waals surface area contributed by atoms with Gasteiger partial charge in [0.05, 0.1) is 36.9 Å². The normalized spacial score (nSPS) is 13.9. The first kappa shape index (κ1) is 60.8. The van der Waals surface area contributed by atoms with Gasteiger partial charge in [0.1, 0.15) is 41.0 Å². The van der Waals surface area contributed by atoms with E-state index >= 15 is 0 Å². The van der Waals surface area contributed by atoms with Crippen molar-refractivity contribution in [2.75, 3.05) is 5.43 Å². The molecular formula is C30H14Cl3CuN9Na4O12S3. The molecule has 0 spiro atoms. The summed E-state index contributed by atoms with van der Waals surface area (Å²) < 4.78 is 105. The quantitative estimate of drug-likeness (QED) is 0.0168. The van der Waals surface area contributed by atoms with Gasteiger partial charge < -0.3 is 49.4 Å². The maximum absolute atomic E-state index is 12.8. The summed E-state index contributed by atoms with van der Waals surface area (Å²) >= 11 is 17.9. The average molecular weight is 1050 g/mol. The number of halogens is 3. The maximum atomic E-state index is 12.8. The Morgan fingerprint density at radius 1 is 0.823 bits per heavy atom. The third-order valence-corrected chi connectivity index (χ3v) is 10.2. The number of ketones is 1. The first-order valence-electron chi connectivity index (χ1n) is 14.7.